The van der Waals surface area contributed by atoms with Crippen molar-refractivity contribution in [3.05, 3.63) is 24.3 Å². The number of carbonyl (C=O) groups excluding carboxylic acids is 1. The van der Waals surface area contributed by atoms with E-state index in [9.17, 15) is 13.2 Å². The Kier molecular flexibility index (Phi) is 4.36. The molecule has 1 aliphatic carbocycles. The molecule has 110 valence electrons. The predicted molar refractivity (Wildman–Crippen MR) is 78.4 cm³/mol. The number of nitrogens with one attached hydrogen (secondary N) is 2. The molecule has 1 aromatic carbocycles. The van der Waals surface area contributed by atoms with Crippen LogP contribution in [0, 0.1) is 0 Å². The summed E-state index contributed by atoms with van der Waals surface area (Å²) in [4.78, 5) is 11.1. The number of anilines is 1. The van der Waals surface area contributed by atoms with Gasteiger partial charge in [-0.05, 0) is 43.5 Å². The molecule has 20 heavy (non-hydrogen) atoms. The summed E-state index contributed by atoms with van der Waals surface area (Å²) < 4.78 is 27.2. The molecule has 0 aliphatic heterocycles. The summed E-state index contributed by atoms with van der Waals surface area (Å²) >= 11 is 5.86. The lowest BCUT2D eigenvalue weighted by Crippen LogP contribution is -2.54. The normalized spacial score (nSPS) is 17.3. The van der Waals surface area contributed by atoms with Gasteiger partial charge in [-0.25, -0.2) is 13.1 Å². The molecule has 0 spiro atoms. The molecule has 0 saturated heterocycles. The number of benzene rings is 1. The van der Waals surface area contributed by atoms with E-state index < -0.39 is 15.6 Å². The van der Waals surface area contributed by atoms with E-state index in [0.29, 0.717) is 5.69 Å². The van der Waals surface area contributed by atoms with Crippen molar-refractivity contribution in [1.29, 1.82) is 0 Å². The van der Waals surface area contributed by atoms with E-state index in [4.69, 9.17) is 11.6 Å². The smallest absolute Gasteiger partial charge is 0.241 e. The lowest BCUT2D eigenvalue weighted by Gasteiger charge is -2.40. The van der Waals surface area contributed by atoms with E-state index in [2.05, 4.69) is 10.0 Å². The molecule has 0 unspecified atom stereocenters. The molecule has 1 saturated carbocycles. The summed E-state index contributed by atoms with van der Waals surface area (Å²) in [5.74, 6) is 0.0743. The highest BCUT2D eigenvalue weighted by Crippen LogP contribution is 2.34. The van der Waals surface area contributed by atoms with Crippen LogP contribution in [0.5, 0.6) is 0 Å². The molecule has 0 heterocycles. The Morgan fingerprint density at radius 1 is 1.30 bits per heavy atom. The minimum atomic E-state index is -3.58. The van der Waals surface area contributed by atoms with Crippen LogP contribution in [-0.4, -0.2) is 25.7 Å². The first-order chi connectivity index (χ1) is 9.37. The number of amides is 1. The Balaban J connectivity index is 2.15. The fourth-order valence-electron chi connectivity index (χ4n) is 2.13. The van der Waals surface area contributed by atoms with Gasteiger partial charge in [0, 0.05) is 24.0 Å². The summed E-state index contributed by atoms with van der Waals surface area (Å²) in [7, 11) is -3.58. The van der Waals surface area contributed by atoms with E-state index >= 15 is 0 Å². The number of hydrogen-bond donors (Lipinski definition) is 2. The van der Waals surface area contributed by atoms with E-state index in [1.165, 1.54) is 19.1 Å². The van der Waals surface area contributed by atoms with Crippen LogP contribution in [0.25, 0.3) is 0 Å². The zero-order valence-electron chi connectivity index (χ0n) is 11.1. The first kappa shape index (κ1) is 15.3. The molecule has 0 atom stereocenters. The van der Waals surface area contributed by atoms with Crippen molar-refractivity contribution in [3.63, 3.8) is 0 Å². The van der Waals surface area contributed by atoms with Gasteiger partial charge >= 0.3 is 0 Å². The van der Waals surface area contributed by atoms with Crippen LogP contribution < -0.4 is 10.0 Å². The number of sulfonamides is 1. The summed E-state index contributed by atoms with van der Waals surface area (Å²) in [5.41, 5.74) is 0.0589. The average molecular weight is 317 g/mol. The minimum absolute atomic E-state index is 0.169. The Morgan fingerprint density at radius 2 is 1.90 bits per heavy atom. The standard InChI is InChI=1S/C13H17ClN2O3S/c1-10(17)15-11-3-5-12(6-4-11)20(18,19)16-13(9-14)7-2-8-13/h3-6,16H,2,7-9H2,1H3,(H,15,17). The van der Waals surface area contributed by atoms with Gasteiger partial charge in [0.2, 0.25) is 15.9 Å². The van der Waals surface area contributed by atoms with Gasteiger partial charge in [0.15, 0.2) is 0 Å². The van der Waals surface area contributed by atoms with Crippen LogP contribution in [0.15, 0.2) is 29.2 Å². The van der Waals surface area contributed by atoms with E-state index in [0.717, 1.165) is 19.3 Å². The maximum absolute atomic E-state index is 12.3. The maximum Gasteiger partial charge on any atom is 0.241 e. The highest BCUT2D eigenvalue weighted by Gasteiger charge is 2.40. The van der Waals surface area contributed by atoms with Crippen LogP contribution in [0.2, 0.25) is 0 Å². The third kappa shape index (κ3) is 3.31. The Hall–Kier alpha value is -1.11. The van der Waals surface area contributed by atoms with Gasteiger partial charge < -0.3 is 5.32 Å². The van der Waals surface area contributed by atoms with Crippen LogP contribution in [-0.2, 0) is 14.8 Å². The van der Waals surface area contributed by atoms with Crippen molar-refractivity contribution in [3.8, 4) is 0 Å². The number of hydrogen-bond acceptors (Lipinski definition) is 3. The van der Waals surface area contributed by atoms with Crippen LogP contribution >= 0.6 is 11.6 Å². The fourth-order valence-corrected chi connectivity index (χ4v) is 4.00. The van der Waals surface area contributed by atoms with Crippen LogP contribution in [0.1, 0.15) is 26.2 Å². The highest BCUT2D eigenvalue weighted by atomic mass is 35.5. The van der Waals surface area contributed by atoms with Crippen molar-refractivity contribution in [2.45, 2.75) is 36.6 Å². The van der Waals surface area contributed by atoms with Crippen molar-refractivity contribution in [2.75, 3.05) is 11.2 Å². The average Bonchev–Trinajstić information content (AvgIpc) is 2.34. The molecule has 1 fully saturated rings. The fraction of sp³-hybridized carbons (Fsp3) is 0.462. The van der Waals surface area contributed by atoms with Crippen molar-refractivity contribution >= 4 is 33.2 Å². The lowest BCUT2D eigenvalue weighted by atomic mass is 9.79. The van der Waals surface area contributed by atoms with Gasteiger partial charge in [0.1, 0.15) is 0 Å². The topological polar surface area (TPSA) is 75.3 Å². The largest absolute Gasteiger partial charge is 0.326 e. The third-order valence-corrected chi connectivity index (χ3v) is 5.51. The van der Waals surface area contributed by atoms with Crippen molar-refractivity contribution in [2.24, 2.45) is 0 Å². The molecule has 0 aromatic heterocycles. The molecule has 5 nitrogen and oxygen atoms in total. The second-order valence-electron chi connectivity index (χ2n) is 5.08. The monoisotopic (exact) mass is 316 g/mol. The Bertz CT molecular complexity index is 589. The van der Waals surface area contributed by atoms with Gasteiger partial charge in [-0.1, -0.05) is 0 Å². The minimum Gasteiger partial charge on any atom is -0.326 e. The number of alkyl halides is 1. The molecular weight excluding hydrogens is 300 g/mol. The Labute approximate surface area is 123 Å². The van der Waals surface area contributed by atoms with Crippen molar-refractivity contribution in [1.82, 2.24) is 4.72 Å². The molecule has 2 N–H and O–H groups in total. The zero-order valence-corrected chi connectivity index (χ0v) is 12.7. The summed E-state index contributed by atoms with van der Waals surface area (Å²) in [5, 5.41) is 2.59. The molecule has 7 heteroatoms. The van der Waals surface area contributed by atoms with Crippen LogP contribution in [0.3, 0.4) is 0 Å². The summed E-state index contributed by atoms with van der Waals surface area (Å²) in [6.07, 6.45) is 2.51. The zero-order chi connectivity index (χ0) is 14.8. The van der Waals surface area contributed by atoms with Gasteiger partial charge in [-0.15, -0.1) is 11.6 Å². The van der Waals surface area contributed by atoms with Crippen LogP contribution in [0.4, 0.5) is 5.69 Å². The second kappa shape index (κ2) is 5.71. The summed E-state index contributed by atoms with van der Waals surface area (Å²) in [6.45, 7) is 1.40. The quantitative estimate of drug-likeness (QED) is 0.817. The van der Waals surface area contributed by atoms with E-state index in [1.54, 1.807) is 12.1 Å². The Morgan fingerprint density at radius 3 is 2.30 bits per heavy atom. The molecule has 2 rings (SSSR count). The summed E-state index contributed by atoms with van der Waals surface area (Å²) in [6, 6.07) is 6.05. The molecular formula is C13H17ClN2O3S. The SMILES string of the molecule is CC(=O)Nc1ccc(S(=O)(=O)NC2(CCl)CCC2)cc1. The molecule has 0 bridgehead atoms. The van der Waals surface area contributed by atoms with E-state index in [-0.39, 0.29) is 16.7 Å². The predicted octanol–water partition coefficient (Wildman–Crippen LogP) is 2.08. The van der Waals surface area contributed by atoms with Gasteiger partial charge in [0.05, 0.1) is 4.90 Å². The molecule has 0 radical (unpaired) electrons. The number of carbonyl (C=O) groups is 1. The second-order valence-corrected chi connectivity index (χ2v) is 7.03. The van der Waals surface area contributed by atoms with Gasteiger partial charge in [-0.2, -0.15) is 0 Å². The van der Waals surface area contributed by atoms with E-state index in [1.807, 2.05) is 0 Å². The first-order valence-corrected chi connectivity index (χ1v) is 8.36. The molecule has 1 aliphatic rings. The molecule has 1 amide bonds. The number of rotatable bonds is 5. The van der Waals surface area contributed by atoms with Gasteiger partial charge in [0.25, 0.3) is 0 Å². The lowest BCUT2D eigenvalue weighted by molar-refractivity contribution is -0.114. The van der Waals surface area contributed by atoms with Gasteiger partial charge in [-0.3, -0.25) is 4.79 Å². The highest BCUT2D eigenvalue weighted by molar-refractivity contribution is 7.89. The van der Waals surface area contributed by atoms with Crippen molar-refractivity contribution < 1.29 is 13.2 Å². The number of halogens is 1. The first-order valence-electron chi connectivity index (χ1n) is 6.34. The molecule has 1 aromatic rings. The third-order valence-electron chi connectivity index (χ3n) is 3.40. The maximum atomic E-state index is 12.3.